The second-order valence-corrected chi connectivity index (χ2v) is 7.32. The molecule has 1 nitrogen and oxygen atoms in total. The van der Waals surface area contributed by atoms with Crippen molar-refractivity contribution in [1.82, 2.24) is 0 Å². The van der Waals surface area contributed by atoms with E-state index in [1.165, 1.54) is 51.4 Å². The maximum atomic E-state index is 6.45. The largest absolute Gasteiger partial charge is 0.327 e. The van der Waals surface area contributed by atoms with Crippen molar-refractivity contribution in [1.29, 1.82) is 0 Å². The molecule has 2 fully saturated rings. The standard InChI is InChI=1S/C17H33N/c1-4-5-14-7-9-17(18)16(11-14)15-8-6-12(2)13(3)10-15/h12-17H,4-11,18H2,1-3H3. The van der Waals surface area contributed by atoms with Gasteiger partial charge in [-0.2, -0.15) is 0 Å². The maximum absolute atomic E-state index is 6.45. The van der Waals surface area contributed by atoms with Crippen molar-refractivity contribution in [3.8, 4) is 0 Å². The fourth-order valence-corrected chi connectivity index (χ4v) is 4.51. The normalized spacial score (nSPS) is 46.0. The highest BCUT2D eigenvalue weighted by atomic mass is 14.7. The van der Waals surface area contributed by atoms with E-state index in [1.54, 1.807) is 0 Å². The van der Waals surface area contributed by atoms with Crippen molar-refractivity contribution in [3.05, 3.63) is 0 Å². The van der Waals surface area contributed by atoms with Crippen LogP contribution in [-0.4, -0.2) is 6.04 Å². The highest BCUT2D eigenvalue weighted by Gasteiger charge is 2.36. The summed E-state index contributed by atoms with van der Waals surface area (Å²) >= 11 is 0. The van der Waals surface area contributed by atoms with Gasteiger partial charge in [-0.05, 0) is 61.7 Å². The van der Waals surface area contributed by atoms with E-state index in [1.807, 2.05) is 0 Å². The predicted molar refractivity (Wildman–Crippen MR) is 79.4 cm³/mol. The lowest BCUT2D eigenvalue weighted by molar-refractivity contribution is 0.0943. The Morgan fingerprint density at radius 2 is 1.72 bits per heavy atom. The van der Waals surface area contributed by atoms with Crippen LogP contribution in [0.15, 0.2) is 0 Å². The van der Waals surface area contributed by atoms with E-state index in [0.29, 0.717) is 6.04 Å². The smallest absolute Gasteiger partial charge is 0.00700 e. The molecular weight excluding hydrogens is 218 g/mol. The van der Waals surface area contributed by atoms with Gasteiger partial charge in [0.25, 0.3) is 0 Å². The molecule has 0 bridgehead atoms. The third-order valence-corrected chi connectivity index (χ3v) is 6.00. The minimum Gasteiger partial charge on any atom is -0.327 e. The minimum atomic E-state index is 0.503. The summed E-state index contributed by atoms with van der Waals surface area (Å²) < 4.78 is 0. The van der Waals surface area contributed by atoms with Crippen molar-refractivity contribution in [3.63, 3.8) is 0 Å². The zero-order valence-electron chi connectivity index (χ0n) is 12.7. The van der Waals surface area contributed by atoms with E-state index in [2.05, 4.69) is 20.8 Å². The van der Waals surface area contributed by atoms with Crippen molar-refractivity contribution in [2.45, 2.75) is 78.2 Å². The molecule has 6 unspecified atom stereocenters. The van der Waals surface area contributed by atoms with Gasteiger partial charge < -0.3 is 5.73 Å². The van der Waals surface area contributed by atoms with Crippen LogP contribution in [-0.2, 0) is 0 Å². The number of rotatable bonds is 3. The Labute approximate surface area is 114 Å². The van der Waals surface area contributed by atoms with Gasteiger partial charge in [0.2, 0.25) is 0 Å². The number of hydrogen-bond acceptors (Lipinski definition) is 1. The van der Waals surface area contributed by atoms with Gasteiger partial charge in [0, 0.05) is 6.04 Å². The molecule has 0 radical (unpaired) electrons. The molecule has 0 spiro atoms. The Bertz CT molecular complexity index is 250. The highest BCUT2D eigenvalue weighted by molar-refractivity contribution is 4.89. The molecule has 0 aliphatic heterocycles. The summed E-state index contributed by atoms with van der Waals surface area (Å²) in [5.41, 5.74) is 6.45. The maximum Gasteiger partial charge on any atom is 0.00700 e. The van der Waals surface area contributed by atoms with Crippen LogP contribution >= 0.6 is 0 Å². The summed E-state index contributed by atoms with van der Waals surface area (Å²) in [6.07, 6.45) is 11.2. The zero-order chi connectivity index (χ0) is 13.1. The topological polar surface area (TPSA) is 26.0 Å². The SMILES string of the molecule is CCCC1CCC(N)C(C2CCC(C)C(C)C2)C1. The fourth-order valence-electron chi connectivity index (χ4n) is 4.51. The van der Waals surface area contributed by atoms with E-state index < -0.39 is 0 Å². The molecule has 6 atom stereocenters. The van der Waals surface area contributed by atoms with Crippen LogP contribution in [0, 0.1) is 29.6 Å². The molecule has 1 heteroatoms. The minimum absolute atomic E-state index is 0.503. The molecule has 0 aromatic heterocycles. The van der Waals surface area contributed by atoms with Crippen LogP contribution in [0.2, 0.25) is 0 Å². The van der Waals surface area contributed by atoms with E-state index in [4.69, 9.17) is 5.73 Å². The van der Waals surface area contributed by atoms with Gasteiger partial charge in [0.15, 0.2) is 0 Å². The Kier molecular flexibility index (Phi) is 5.12. The van der Waals surface area contributed by atoms with Crippen LogP contribution in [0.4, 0.5) is 0 Å². The first kappa shape index (κ1) is 14.4. The third-order valence-electron chi connectivity index (χ3n) is 6.00. The molecule has 2 rings (SSSR count). The molecule has 2 aliphatic carbocycles. The number of nitrogens with two attached hydrogens (primary N) is 1. The monoisotopic (exact) mass is 251 g/mol. The van der Waals surface area contributed by atoms with Gasteiger partial charge in [-0.1, -0.05) is 40.0 Å². The predicted octanol–water partition coefficient (Wildman–Crippen LogP) is 4.60. The van der Waals surface area contributed by atoms with E-state index in [0.717, 1.165) is 29.6 Å². The first-order valence-electron chi connectivity index (χ1n) is 8.37. The van der Waals surface area contributed by atoms with Crippen molar-refractivity contribution in [2.75, 3.05) is 0 Å². The van der Waals surface area contributed by atoms with E-state index in [-0.39, 0.29) is 0 Å². The second kappa shape index (κ2) is 6.41. The molecule has 106 valence electrons. The van der Waals surface area contributed by atoms with Crippen LogP contribution in [0.1, 0.15) is 72.1 Å². The summed E-state index contributed by atoms with van der Waals surface area (Å²) in [5.74, 6) is 4.61. The van der Waals surface area contributed by atoms with E-state index in [9.17, 15) is 0 Å². The van der Waals surface area contributed by atoms with Crippen LogP contribution in [0.5, 0.6) is 0 Å². The van der Waals surface area contributed by atoms with Crippen molar-refractivity contribution in [2.24, 2.45) is 35.3 Å². The van der Waals surface area contributed by atoms with Crippen molar-refractivity contribution >= 4 is 0 Å². The average molecular weight is 251 g/mol. The molecule has 0 saturated heterocycles. The van der Waals surface area contributed by atoms with Gasteiger partial charge in [0.05, 0.1) is 0 Å². The Morgan fingerprint density at radius 1 is 0.944 bits per heavy atom. The van der Waals surface area contributed by atoms with Crippen LogP contribution in [0.3, 0.4) is 0 Å². The first-order chi connectivity index (χ1) is 8.61. The summed E-state index contributed by atoms with van der Waals surface area (Å²) in [6, 6.07) is 0.503. The molecule has 18 heavy (non-hydrogen) atoms. The lowest BCUT2D eigenvalue weighted by Crippen LogP contribution is -2.42. The molecule has 0 aromatic rings. The Hall–Kier alpha value is -0.0400. The molecule has 2 aliphatic rings. The van der Waals surface area contributed by atoms with E-state index >= 15 is 0 Å². The quantitative estimate of drug-likeness (QED) is 0.779. The van der Waals surface area contributed by atoms with Crippen molar-refractivity contribution < 1.29 is 0 Å². The highest BCUT2D eigenvalue weighted by Crippen LogP contribution is 2.43. The average Bonchev–Trinajstić information content (AvgIpc) is 2.35. The summed E-state index contributed by atoms with van der Waals surface area (Å²) in [6.45, 7) is 7.21. The molecule has 2 saturated carbocycles. The molecule has 0 amide bonds. The molecule has 2 N–H and O–H groups in total. The lowest BCUT2D eigenvalue weighted by atomic mass is 9.64. The third kappa shape index (κ3) is 3.29. The number of hydrogen-bond donors (Lipinski definition) is 1. The lowest BCUT2D eigenvalue weighted by Gasteiger charge is -2.43. The van der Waals surface area contributed by atoms with Gasteiger partial charge in [-0.15, -0.1) is 0 Å². The Balaban J connectivity index is 1.93. The summed E-state index contributed by atoms with van der Waals surface area (Å²) in [4.78, 5) is 0. The van der Waals surface area contributed by atoms with Gasteiger partial charge in [-0.3, -0.25) is 0 Å². The van der Waals surface area contributed by atoms with Gasteiger partial charge in [-0.25, -0.2) is 0 Å². The fraction of sp³-hybridized carbons (Fsp3) is 1.00. The zero-order valence-corrected chi connectivity index (χ0v) is 12.7. The molecule has 0 heterocycles. The Morgan fingerprint density at radius 3 is 2.39 bits per heavy atom. The summed E-state index contributed by atoms with van der Waals surface area (Å²) in [7, 11) is 0. The second-order valence-electron chi connectivity index (χ2n) is 7.32. The first-order valence-corrected chi connectivity index (χ1v) is 8.37. The van der Waals surface area contributed by atoms with Gasteiger partial charge in [0.1, 0.15) is 0 Å². The van der Waals surface area contributed by atoms with Crippen LogP contribution < -0.4 is 5.73 Å². The molecule has 0 aromatic carbocycles. The van der Waals surface area contributed by atoms with Crippen LogP contribution in [0.25, 0.3) is 0 Å². The molecular formula is C17H33N. The summed E-state index contributed by atoms with van der Waals surface area (Å²) in [5, 5.41) is 0. The van der Waals surface area contributed by atoms with Gasteiger partial charge >= 0.3 is 0 Å².